The molecule has 0 bridgehead atoms. The summed E-state index contributed by atoms with van der Waals surface area (Å²) in [5.41, 5.74) is 4.79. The lowest BCUT2D eigenvalue weighted by molar-refractivity contribution is -0.0655. The normalized spacial score (nSPS) is 23.8. The fourth-order valence-corrected chi connectivity index (χ4v) is 5.53. The topological polar surface area (TPSA) is 61.7 Å². The molecule has 6 nitrogen and oxygen atoms in total. The van der Waals surface area contributed by atoms with Crippen LogP contribution in [0.2, 0.25) is 0 Å². The van der Waals surface area contributed by atoms with Gasteiger partial charge in [-0.2, -0.15) is 0 Å². The summed E-state index contributed by atoms with van der Waals surface area (Å²) in [6.07, 6.45) is 7.75. The smallest absolute Gasteiger partial charge is 0.119 e. The minimum atomic E-state index is 0.192. The van der Waals surface area contributed by atoms with Crippen LogP contribution in [0.3, 0.4) is 0 Å². The van der Waals surface area contributed by atoms with E-state index in [0.29, 0.717) is 12.0 Å². The highest BCUT2D eigenvalue weighted by Crippen LogP contribution is 2.42. The van der Waals surface area contributed by atoms with Gasteiger partial charge in [0.05, 0.1) is 13.7 Å². The van der Waals surface area contributed by atoms with E-state index in [4.69, 9.17) is 4.74 Å². The Hall–Kier alpha value is -2.80. The maximum absolute atomic E-state index is 10.2. The van der Waals surface area contributed by atoms with Crippen molar-refractivity contribution < 1.29 is 9.84 Å². The summed E-state index contributed by atoms with van der Waals surface area (Å²) in [4.78, 5) is 13.4. The first-order valence-electron chi connectivity index (χ1n) is 11.8. The van der Waals surface area contributed by atoms with Gasteiger partial charge in [0.15, 0.2) is 0 Å². The zero-order valence-corrected chi connectivity index (χ0v) is 19.2. The lowest BCUT2D eigenvalue weighted by Crippen LogP contribution is -2.67. The summed E-state index contributed by atoms with van der Waals surface area (Å²) in [7, 11) is 1.70. The molecule has 1 N–H and O–H groups in total. The Balaban J connectivity index is 1.36. The van der Waals surface area contributed by atoms with E-state index in [1.165, 1.54) is 17.5 Å². The van der Waals surface area contributed by atoms with Crippen LogP contribution < -0.4 is 4.74 Å². The van der Waals surface area contributed by atoms with E-state index in [1.807, 2.05) is 24.5 Å². The molecule has 2 saturated heterocycles. The summed E-state index contributed by atoms with van der Waals surface area (Å²) in [6.45, 7) is 4.22. The fraction of sp³-hybridized carbons (Fsp3) is 0.407. The molecule has 0 amide bonds. The van der Waals surface area contributed by atoms with Gasteiger partial charge in [0, 0.05) is 49.0 Å². The van der Waals surface area contributed by atoms with Gasteiger partial charge in [0.1, 0.15) is 12.1 Å². The van der Waals surface area contributed by atoms with E-state index in [9.17, 15) is 5.11 Å². The Kier molecular flexibility index (Phi) is 6.67. The average molecular weight is 445 g/mol. The molecule has 2 aliphatic rings. The van der Waals surface area contributed by atoms with Gasteiger partial charge in [-0.15, -0.1) is 0 Å². The zero-order chi connectivity index (χ0) is 22.6. The molecule has 5 rings (SSSR count). The SMILES string of the molecule is COc1cccc(-c2ccc([C@H]3[C@@H](CO)N4CCCCN(Cc5cncnc5)C[C@H]34)cc2)c1. The average Bonchev–Trinajstić information content (AvgIpc) is 2.85. The minimum Gasteiger partial charge on any atom is -0.497 e. The second-order valence-corrected chi connectivity index (χ2v) is 9.12. The molecule has 3 atom stereocenters. The lowest BCUT2D eigenvalue weighted by Gasteiger charge is -2.57. The van der Waals surface area contributed by atoms with E-state index in [2.05, 4.69) is 56.2 Å². The number of benzene rings is 2. The van der Waals surface area contributed by atoms with Crippen LogP contribution in [0.5, 0.6) is 5.75 Å². The summed E-state index contributed by atoms with van der Waals surface area (Å²) < 4.78 is 5.38. The third-order valence-corrected chi connectivity index (χ3v) is 7.17. The molecule has 0 saturated carbocycles. The van der Waals surface area contributed by atoms with Gasteiger partial charge >= 0.3 is 0 Å². The maximum atomic E-state index is 10.2. The predicted molar refractivity (Wildman–Crippen MR) is 129 cm³/mol. The molecule has 0 radical (unpaired) electrons. The van der Waals surface area contributed by atoms with E-state index in [0.717, 1.165) is 49.5 Å². The molecule has 2 fully saturated rings. The number of aromatic nitrogens is 2. The van der Waals surface area contributed by atoms with Crippen LogP contribution in [-0.2, 0) is 6.54 Å². The van der Waals surface area contributed by atoms with Gasteiger partial charge < -0.3 is 9.84 Å². The van der Waals surface area contributed by atoms with Gasteiger partial charge in [0.25, 0.3) is 0 Å². The number of aliphatic hydroxyl groups excluding tert-OH is 1. The summed E-state index contributed by atoms with van der Waals surface area (Å²) in [6, 6.07) is 17.7. The number of methoxy groups -OCH3 is 1. The van der Waals surface area contributed by atoms with Crippen molar-refractivity contribution in [1.82, 2.24) is 19.8 Å². The van der Waals surface area contributed by atoms with Crippen molar-refractivity contribution in [3.63, 3.8) is 0 Å². The summed E-state index contributed by atoms with van der Waals surface area (Å²) >= 11 is 0. The molecule has 6 heteroatoms. The van der Waals surface area contributed by atoms with Gasteiger partial charge in [-0.05, 0) is 54.8 Å². The second-order valence-electron chi connectivity index (χ2n) is 9.12. The van der Waals surface area contributed by atoms with Crippen LogP contribution in [-0.4, -0.2) is 70.3 Å². The molecule has 2 aromatic carbocycles. The van der Waals surface area contributed by atoms with Crippen molar-refractivity contribution in [2.45, 2.75) is 37.4 Å². The molecule has 0 unspecified atom stereocenters. The highest BCUT2D eigenvalue weighted by atomic mass is 16.5. The third-order valence-electron chi connectivity index (χ3n) is 7.17. The number of rotatable bonds is 6. The first kappa shape index (κ1) is 22.0. The number of hydrogen-bond acceptors (Lipinski definition) is 6. The molecule has 3 heterocycles. The second kappa shape index (κ2) is 10.00. The standard InChI is InChI=1S/C27H32N4O2/c1-33-24-6-4-5-23(13-24)21-7-9-22(10-8-21)27-25-17-30(16-20-14-28-19-29-15-20)11-2-3-12-31(25)26(27)18-32/h4-10,13-15,19,25-27,32H,2-3,11-12,16-18H2,1H3/t25-,26-,27-/m1/s1. The number of aliphatic hydroxyl groups is 1. The van der Waals surface area contributed by atoms with Gasteiger partial charge in [0.2, 0.25) is 0 Å². The Bertz CT molecular complexity index is 1040. The van der Waals surface area contributed by atoms with E-state index >= 15 is 0 Å². The predicted octanol–water partition coefficient (Wildman–Crippen LogP) is 3.58. The lowest BCUT2D eigenvalue weighted by atomic mass is 9.74. The molecular weight excluding hydrogens is 412 g/mol. The van der Waals surface area contributed by atoms with Crippen molar-refractivity contribution in [2.24, 2.45) is 0 Å². The number of hydrogen-bond donors (Lipinski definition) is 1. The van der Waals surface area contributed by atoms with Crippen molar-refractivity contribution in [1.29, 1.82) is 0 Å². The summed E-state index contributed by atoms with van der Waals surface area (Å²) in [5.74, 6) is 1.20. The van der Waals surface area contributed by atoms with Crippen LogP contribution >= 0.6 is 0 Å². The van der Waals surface area contributed by atoms with Gasteiger partial charge in [-0.3, -0.25) is 9.80 Å². The molecule has 1 aromatic heterocycles. The summed E-state index contributed by atoms with van der Waals surface area (Å²) in [5, 5.41) is 10.2. The minimum absolute atomic E-state index is 0.192. The Labute approximate surface area is 195 Å². The van der Waals surface area contributed by atoms with E-state index in [1.54, 1.807) is 13.4 Å². The zero-order valence-electron chi connectivity index (χ0n) is 19.2. The van der Waals surface area contributed by atoms with Gasteiger partial charge in [-0.25, -0.2) is 9.97 Å². The van der Waals surface area contributed by atoms with Crippen LogP contribution in [0.4, 0.5) is 0 Å². The quantitative estimate of drug-likeness (QED) is 0.627. The van der Waals surface area contributed by atoms with Crippen LogP contribution in [0.15, 0.2) is 67.3 Å². The number of nitrogens with zero attached hydrogens (tertiary/aromatic N) is 4. The monoisotopic (exact) mass is 444 g/mol. The van der Waals surface area contributed by atoms with Crippen molar-refractivity contribution in [2.75, 3.05) is 33.4 Å². The third kappa shape index (κ3) is 4.64. The Morgan fingerprint density at radius 3 is 2.55 bits per heavy atom. The Morgan fingerprint density at radius 2 is 1.79 bits per heavy atom. The first-order valence-corrected chi connectivity index (χ1v) is 11.8. The van der Waals surface area contributed by atoms with Crippen molar-refractivity contribution in [3.8, 4) is 16.9 Å². The first-order chi connectivity index (χ1) is 16.3. The largest absolute Gasteiger partial charge is 0.497 e. The molecule has 0 spiro atoms. The van der Waals surface area contributed by atoms with Crippen LogP contribution in [0.1, 0.15) is 29.9 Å². The number of fused-ring (bicyclic) bond motifs is 1. The van der Waals surface area contributed by atoms with Crippen molar-refractivity contribution in [3.05, 3.63) is 78.4 Å². The van der Waals surface area contributed by atoms with E-state index in [-0.39, 0.29) is 12.6 Å². The van der Waals surface area contributed by atoms with E-state index < -0.39 is 0 Å². The molecule has 2 aliphatic heterocycles. The fourth-order valence-electron chi connectivity index (χ4n) is 5.53. The van der Waals surface area contributed by atoms with Crippen LogP contribution in [0, 0.1) is 0 Å². The number of ether oxygens (including phenoxy) is 1. The van der Waals surface area contributed by atoms with Crippen LogP contribution in [0.25, 0.3) is 11.1 Å². The van der Waals surface area contributed by atoms with Gasteiger partial charge in [-0.1, -0.05) is 36.4 Å². The highest BCUT2D eigenvalue weighted by Gasteiger charge is 2.49. The van der Waals surface area contributed by atoms with Crippen molar-refractivity contribution >= 4 is 0 Å². The Morgan fingerprint density at radius 1 is 1.00 bits per heavy atom. The highest BCUT2D eigenvalue weighted by molar-refractivity contribution is 5.65. The molecule has 33 heavy (non-hydrogen) atoms. The molecule has 3 aromatic rings. The molecule has 172 valence electrons. The molecular formula is C27H32N4O2. The maximum Gasteiger partial charge on any atom is 0.119 e. The molecule has 0 aliphatic carbocycles.